The Morgan fingerprint density at radius 2 is 2.25 bits per heavy atom. The Labute approximate surface area is 49.1 Å². The van der Waals surface area contributed by atoms with Gasteiger partial charge in [-0.1, -0.05) is 0 Å². The van der Waals surface area contributed by atoms with E-state index in [1.165, 1.54) is 0 Å². The highest BCUT2D eigenvalue weighted by molar-refractivity contribution is 4.94. The van der Waals surface area contributed by atoms with E-state index in [0.717, 1.165) is 12.8 Å². The molecule has 0 aromatic heterocycles. The Morgan fingerprint density at radius 1 is 1.62 bits per heavy atom. The summed E-state index contributed by atoms with van der Waals surface area (Å²) in [7, 11) is 1.69. The molecule has 44 valence electrons. The molecular formula is C6H9NO. The fraction of sp³-hybridized carbons (Fsp3) is 0.833. The van der Waals surface area contributed by atoms with Crippen molar-refractivity contribution in [3.63, 3.8) is 0 Å². The van der Waals surface area contributed by atoms with E-state index in [9.17, 15) is 0 Å². The molecule has 0 aliphatic heterocycles. The Balaban J connectivity index is 2.14. The SMILES string of the molecule is COC1CC(C#N)C1. The number of nitrogens with zero attached hydrogens (tertiary/aromatic N) is 1. The minimum atomic E-state index is 0.278. The number of methoxy groups -OCH3 is 1. The number of hydrogen-bond donors (Lipinski definition) is 0. The average Bonchev–Trinajstić information content (AvgIpc) is 1.65. The highest BCUT2D eigenvalue weighted by atomic mass is 16.5. The molecule has 1 saturated carbocycles. The molecule has 0 heterocycles. The van der Waals surface area contributed by atoms with E-state index in [2.05, 4.69) is 6.07 Å². The van der Waals surface area contributed by atoms with Crippen LogP contribution in [0, 0.1) is 17.2 Å². The fourth-order valence-corrected chi connectivity index (χ4v) is 0.864. The lowest BCUT2D eigenvalue weighted by molar-refractivity contribution is 0.0186. The van der Waals surface area contributed by atoms with Crippen LogP contribution in [0.4, 0.5) is 0 Å². The summed E-state index contributed by atoms with van der Waals surface area (Å²) < 4.78 is 4.97. The molecule has 0 spiro atoms. The van der Waals surface area contributed by atoms with Crippen molar-refractivity contribution in [3.8, 4) is 6.07 Å². The van der Waals surface area contributed by atoms with Crippen LogP contribution in [0.25, 0.3) is 0 Å². The molecule has 1 aliphatic carbocycles. The summed E-state index contributed by atoms with van der Waals surface area (Å²) in [5, 5.41) is 8.29. The lowest BCUT2D eigenvalue weighted by Gasteiger charge is -2.28. The third-order valence-electron chi connectivity index (χ3n) is 1.61. The van der Waals surface area contributed by atoms with E-state index < -0.39 is 0 Å². The largest absolute Gasteiger partial charge is 0.381 e. The van der Waals surface area contributed by atoms with Gasteiger partial charge in [0, 0.05) is 7.11 Å². The van der Waals surface area contributed by atoms with E-state index in [4.69, 9.17) is 10.00 Å². The Bertz CT molecular complexity index is 110. The molecule has 0 amide bonds. The molecule has 0 bridgehead atoms. The van der Waals surface area contributed by atoms with E-state index in [-0.39, 0.29) is 5.92 Å². The van der Waals surface area contributed by atoms with Gasteiger partial charge in [0.1, 0.15) is 0 Å². The van der Waals surface area contributed by atoms with Gasteiger partial charge in [-0.25, -0.2) is 0 Å². The van der Waals surface area contributed by atoms with E-state index >= 15 is 0 Å². The van der Waals surface area contributed by atoms with Gasteiger partial charge in [0.25, 0.3) is 0 Å². The topological polar surface area (TPSA) is 33.0 Å². The van der Waals surface area contributed by atoms with E-state index in [1.54, 1.807) is 7.11 Å². The highest BCUT2D eigenvalue weighted by Gasteiger charge is 2.28. The summed E-state index contributed by atoms with van der Waals surface area (Å²) >= 11 is 0. The molecule has 2 nitrogen and oxygen atoms in total. The second kappa shape index (κ2) is 2.15. The predicted octanol–water partition coefficient (Wildman–Crippen LogP) is 0.935. The summed E-state index contributed by atoms with van der Waals surface area (Å²) in [5.41, 5.74) is 0. The first-order valence-corrected chi connectivity index (χ1v) is 2.79. The van der Waals surface area contributed by atoms with Gasteiger partial charge in [-0.2, -0.15) is 5.26 Å². The van der Waals surface area contributed by atoms with Gasteiger partial charge in [0.15, 0.2) is 0 Å². The normalized spacial score (nSPS) is 35.5. The smallest absolute Gasteiger partial charge is 0.0657 e. The molecular weight excluding hydrogens is 102 g/mol. The minimum Gasteiger partial charge on any atom is -0.381 e. The summed E-state index contributed by atoms with van der Waals surface area (Å²) in [6.07, 6.45) is 2.25. The first-order chi connectivity index (χ1) is 3.86. The van der Waals surface area contributed by atoms with E-state index in [1.807, 2.05) is 0 Å². The van der Waals surface area contributed by atoms with Crippen LogP contribution in [0.1, 0.15) is 12.8 Å². The molecule has 0 radical (unpaired) electrons. The first kappa shape index (κ1) is 5.58. The van der Waals surface area contributed by atoms with Gasteiger partial charge in [-0.05, 0) is 12.8 Å². The van der Waals surface area contributed by atoms with Gasteiger partial charge < -0.3 is 4.74 Å². The van der Waals surface area contributed by atoms with Crippen LogP contribution in [0.2, 0.25) is 0 Å². The molecule has 0 aromatic rings. The van der Waals surface area contributed by atoms with Crippen LogP contribution in [0.5, 0.6) is 0 Å². The average molecular weight is 111 g/mol. The summed E-state index contributed by atoms with van der Waals surface area (Å²) in [4.78, 5) is 0. The van der Waals surface area contributed by atoms with Gasteiger partial charge in [0.2, 0.25) is 0 Å². The lowest BCUT2D eigenvalue weighted by atomic mass is 9.84. The summed E-state index contributed by atoms with van der Waals surface area (Å²) in [6.45, 7) is 0. The second-order valence-electron chi connectivity index (χ2n) is 2.16. The molecule has 1 fully saturated rings. The lowest BCUT2D eigenvalue weighted by Crippen LogP contribution is -2.28. The number of hydrogen-bond acceptors (Lipinski definition) is 2. The molecule has 8 heavy (non-hydrogen) atoms. The zero-order valence-electron chi connectivity index (χ0n) is 4.92. The maximum Gasteiger partial charge on any atom is 0.0657 e. The third kappa shape index (κ3) is 0.823. The zero-order chi connectivity index (χ0) is 5.98. The Morgan fingerprint density at radius 3 is 2.62 bits per heavy atom. The van der Waals surface area contributed by atoms with Crippen LogP contribution in [0.3, 0.4) is 0 Å². The molecule has 0 atom stereocenters. The predicted molar refractivity (Wildman–Crippen MR) is 29.1 cm³/mol. The molecule has 0 unspecified atom stereocenters. The van der Waals surface area contributed by atoms with Gasteiger partial charge >= 0.3 is 0 Å². The van der Waals surface area contributed by atoms with Crippen LogP contribution < -0.4 is 0 Å². The summed E-state index contributed by atoms with van der Waals surface area (Å²) in [5.74, 6) is 0.278. The van der Waals surface area contributed by atoms with Crippen molar-refractivity contribution in [2.45, 2.75) is 18.9 Å². The third-order valence-corrected chi connectivity index (χ3v) is 1.61. The highest BCUT2D eigenvalue weighted by Crippen LogP contribution is 2.28. The van der Waals surface area contributed by atoms with Gasteiger partial charge in [-0.3, -0.25) is 0 Å². The monoisotopic (exact) mass is 111 g/mol. The molecule has 1 rings (SSSR count). The van der Waals surface area contributed by atoms with Crippen molar-refractivity contribution >= 4 is 0 Å². The van der Waals surface area contributed by atoms with Crippen LogP contribution in [-0.4, -0.2) is 13.2 Å². The second-order valence-corrected chi connectivity index (χ2v) is 2.16. The number of nitriles is 1. The van der Waals surface area contributed by atoms with Crippen molar-refractivity contribution in [2.24, 2.45) is 5.92 Å². The number of ether oxygens (including phenoxy) is 1. The van der Waals surface area contributed by atoms with Crippen LogP contribution >= 0.6 is 0 Å². The van der Waals surface area contributed by atoms with Crippen molar-refractivity contribution in [1.82, 2.24) is 0 Å². The van der Waals surface area contributed by atoms with E-state index in [0.29, 0.717) is 6.10 Å². The van der Waals surface area contributed by atoms with Crippen molar-refractivity contribution < 1.29 is 4.74 Å². The molecule has 0 N–H and O–H groups in total. The standard InChI is InChI=1S/C6H9NO/c1-8-6-2-5(3-6)4-7/h5-6H,2-3H2,1H3. The van der Waals surface area contributed by atoms with Crippen molar-refractivity contribution in [2.75, 3.05) is 7.11 Å². The van der Waals surface area contributed by atoms with Crippen molar-refractivity contribution in [3.05, 3.63) is 0 Å². The maximum absolute atomic E-state index is 8.29. The Hall–Kier alpha value is -0.550. The van der Waals surface area contributed by atoms with Crippen LogP contribution in [0.15, 0.2) is 0 Å². The maximum atomic E-state index is 8.29. The van der Waals surface area contributed by atoms with Gasteiger partial charge in [0.05, 0.1) is 18.1 Å². The van der Waals surface area contributed by atoms with Crippen molar-refractivity contribution in [1.29, 1.82) is 5.26 Å². The quantitative estimate of drug-likeness (QED) is 0.504. The molecule has 0 saturated heterocycles. The number of rotatable bonds is 1. The first-order valence-electron chi connectivity index (χ1n) is 2.79. The minimum absolute atomic E-state index is 0.278. The Kier molecular flexibility index (Phi) is 1.50. The molecule has 2 heteroatoms. The summed E-state index contributed by atoms with van der Waals surface area (Å²) in [6, 6.07) is 2.19. The van der Waals surface area contributed by atoms with Crippen LogP contribution in [-0.2, 0) is 4.74 Å². The zero-order valence-corrected chi connectivity index (χ0v) is 4.92. The van der Waals surface area contributed by atoms with Gasteiger partial charge in [-0.15, -0.1) is 0 Å². The fourth-order valence-electron chi connectivity index (χ4n) is 0.864. The molecule has 1 aliphatic rings. The molecule has 0 aromatic carbocycles.